The molecule has 1 atom stereocenters. The Morgan fingerprint density at radius 3 is 2.66 bits per heavy atom. The van der Waals surface area contributed by atoms with E-state index in [1.807, 2.05) is 11.3 Å². The Bertz CT molecular complexity index is 1280. The standard InChI is InChI=1S/C23H26F3N7O2/c1-12(15-7-16(23(24,25)26)9-17(27)8-15)28-20-18-10-32(21(34)14-3-5-35-6-4-14)11-19(18)33-13(2)30-31-22(33)29-20/h7-9,12,14H,3-6,10-11,27H2,1-2H3,(H,28,29,31)/t12-/m1/s1. The Hall–Kier alpha value is -3.41. The molecule has 12 heteroatoms. The molecule has 3 N–H and O–H groups in total. The van der Waals surface area contributed by atoms with Crippen molar-refractivity contribution in [2.75, 3.05) is 24.3 Å². The maximum Gasteiger partial charge on any atom is 0.416 e. The van der Waals surface area contributed by atoms with E-state index in [1.54, 1.807) is 11.8 Å². The quantitative estimate of drug-likeness (QED) is 0.540. The number of nitrogens with two attached hydrogens (primary N) is 1. The smallest absolute Gasteiger partial charge is 0.399 e. The van der Waals surface area contributed by atoms with E-state index in [0.29, 0.717) is 62.1 Å². The average molecular weight is 490 g/mol. The molecule has 2 aliphatic rings. The molecule has 9 nitrogen and oxygen atoms in total. The molecule has 1 aromatic carbocycles. The van der Waals surface area contributed by atoms with Gasteiger partial charge in [-0.2, -0.15) is 18.2 Å². The van der Waals surface area contributed by atoms with Crippen LogP contribution in [0, 0.1) is 12.8 Å². The summed E-state index contributed by atoms with van der Waals surface area (Å²) in [7, 11) is 0. The van der Waals surface area contributed by atoms with E-state index in [2.05, 4.69) is 20.5 Å². The molecule has 1 amide bonds. The molecule has 0 aliphatic carbocycles. The maximum atomic E-state index is 13.3. The lowest BCUT2D eigenvalue weighted by atomic mass is 9.99. The van der Waals surface area contributed by atoms with Gasteiger partial charge in [-0.15, -0.1) is 10.2 Å². The lowest BCUT2D eigenvalue weighted by Gasteiger charge is -2.26. The van der Waals surface area contributed by atoms with E-state index in [9.17, 15) is 18.0 Å². The second-order valence-electron chi connectivity index (χ2n) is 9.10. The lowest BCUT2D eigenvalue weighted by molar-refractivity contribution is -0.139. The highest BCUT2D eigenvalue weighted by atomic mass is 19.4. The van der Waals surface area contributed by atoms with E-state index in [1.165, 1.54) is 6.07 Å². The predicted octanol–water partition coefficient (Wildman–Crippen LogP) is 3.48. The van der Waals surface area contributed by atoms with Gasteiger partial charge in [0.2, 0.25) is 5.91 Å². The summed E-state index contributed by atoms with van der Waals surface area (Å²) >= 11 is 0. The number of aromatic nitrogens is 4. The Labute approximate surface area is 199 Å². The maximum absolute atomic E-state index is 13.3. The number of hydrogen-bond acceptors (Lipinski definition) is 7. The van der Waals surface area contributed by atoms with Gasteiger partial charge in [-0.25, -0.2) is 0 Å². The van der Waals surface area contributed by atoms with Crippen LogP contribution in [0.5, 0.6) is 0 Å². The number of amides is 1. The second-order valence-corrected chi connectivity index (χ2v) is 9.10. The number of alkyl halides is 3. The van der Waals surface area contributed by atoms with Crippen molar-refractivity contribution in [1.29, 1.82) is 0 Å². The molecular weight excluding hydrogens is 463 g/mol. The third kappa shape index (κ3) is 4.38. The fraction of sp³-hybridized carbons (Fsp3) is 0.478. The van der Waals surface area contributed by atoms with Crippen LogP contribution in [0.1, 0.15) is 54.0 Å². The molecule has 0 bridgehead atoms. The van der Waals surface area contributed by atoms with E-state index in [-0.39, 0.29) is 17.5 Å². The number of halogens is 3. The summed E-state index contributed by atoms with van der Waals surface area (Å²) < 4.78 is 47.2. The van der Waals surface area contributed by atoms with Crippen molar-refractivity contribution in [2.24, 2.45) is 5.92 Å². The first-order chi connectivity index (χ1) is 16.6. The van der Waals surface area contributed by atoms with E-state index < -0.39 is 17.8 Å². The largest absolute Gasteiger partial charge is 0.416 e. The molecular formula is C23H26F3N7O2. The number of nitrogens with one attached hydrogen (secondary N) is 1. The third-order valence-electron chi connectivity index (χ3n) is 6.65. The van der Waals surface area contributed by atoms with Gasteiger partial charge in [-0.05, 0) is 50.5 Å². The van der Waals surface area contributed by atoms with Crippen LogP contribution in [0.25, 0.3) is 5.78 Å². The van der Waals surface area contributed by atoms with Crippen molar-refractivity contribution in [2.45, 2.75) is 52.0 Å². The third-order valence-corrected chi connectivity index (χ3v) is 6.65. The first kappa shape index (κ1) is 23.3. The molecule has 0 radical (unpaired) electrons. The number of hydrogen-bond donors (Lipinski definition) is 2. The minimum Gasteiger partial charge on any atom is -0.399 e. The number of nitrogens with zero attached hydrogens (tertiary/aromatic N) is 5. The predicted molar refractivity (Wildman–Crippen MR) is 121 cm³/mol. The van der Waals surface area contributed by atoms with Crippen molar-refractivity contribution in [3.63, 3.8) is 0 Å². The van der Waals surface area contributed by atoms with Gasteiger partial charge in [0.15, 0.2) is 0 Å². The molecule has 3 aromatic rings. The van der Waals surface area contributed by atoms with Gasteiger partial charge >= 0.3 is 6.18 Å². The number of carbonyl (C=O) groups excluding carboxylic acids is 1. The highest BCUT2D eigenvalue weighted by Gasteiger charge is 2.35. The molecule has 35 heavy (non-hydrogen) atoms. The SMILES string of the molecule is Cc1nnc2nc(N[C@H](C)c3cc(N)cc(C(F)(F)F)c3)c3c(n12)CN(C(=O)C1CCOCC1)C3. The monoisotopic (exact) mass is 489 g/mol. The number of anilines is 2. The number of carbonyl (C=O) groups is 1. The first-order valence-corrected chi connectivity index (χ1v) is 11.5. The minimum atomic E-state index is -4.51. The van der Waals surface area contributed by atoms with Crippen molar-refractivity contribution >= 4 is 23.2 Å². The number of ether oxygens (including phenoxy) is 1. The van der Waals surface area contributed by atoms with Crippen LogP contribution < -0.4 is 11.1 Å². The number of benzene rings is 1. The summed E-state index contributed by atoms with van der Waals surface area (Å²) in [5.41, 5.74) is 6.99. The van der Waals surface area contributed by atoms with Crippen LogP contribution in [-0.2, 0) is 28.8 Å². The van der Waals surface area contributed by atoms with E-state index >= 15 is 0 Å². The molecule has 1 saturated heterocycles. The molecule has 2 aromatic heterocycles. The Morgan fingerprint density at radius 1 is 1.20 bits per heavy atom. The molecule has 0 spiro atoms. The molecule has 4 heterocycles. The summed E-state index contributed by atoms with van der Waals surface area (Å²) in [6.07, 6.45) is -3.14. The second kappa shape index (κ2) is 8.67. The van der Waals surface area contributed by atoms with Gasteiger partial charge in [0.1, 0.15) is 11.6 Å². The molecule has 1 fully saturated rings. The van der Waals surface area contributed by atoms with Crippen LogP contribution in [0.2, 0.25) is 0 Å². The number of nitrogen functional groups attached to an aromatic ring is 1. The molecule has 0 saturated carbocycles. The van der Waals surface area contributed by atoms with Gasteiger partial charge in [0.25, 0.3) is 5.78 Å². The van der Waals surface area contributed by atoms with Gasteiger partial charge in [-0.3, -0.25) is 9.20 Å². The van der Waals surface area contributed by atoms with Crippen LogP contribution in [0.15, 0.2) is 18.2 Å². The van der Waals surface area contributed by atoms with E-state index in [4.69, 9.17) is 10.5 Å². The van der Waals surface area contributed by atoms with Crippen molar-refractivity contribution in [3.05, 3.63) is 46.4 Å². The molecule has 5 rings (SSSR count). The lowest BCUT2D eigenvalue weighted by Crippen LogP contribution is -2.35. The zero-order valence-electron chi connectivity index (χ0n) is 19.4. The zero-order valence-corrected chi connectivity index (χ0v) is 19.4. The molecule has 186 valence electrons. The zero-order chi connectivity index (χ0) is 24.9. The van der Waals surface area contributed by atoms with Crippen molar-refractivity contribution in [3.8, 4) is 0 Å². The highest BCUT2D eigenvalue weighted by molar-refractivity contribution is 5.80. The van der Waals surface area contributed by atoms with Crippen LogP contribution >= 0.6 is 0 Å². The minimum absolute atomic E-state index is 0.0263. The van der Waals surface area contributed by atoms with E-state index in [0.717, 1.165) is 23.4 Å². The van der Waals surface area contributed by atoms with Gasteiger partial charge in [-0.1, -0.05) is 0 Å². The number of rotatable bonds is 4. The first-order valence-electron chi connectivity index (χ1n) is 11.5. The number of aryl methyl sites for hydroxylation is 1. The average Bonchev–Trinajstić information content (AvgIpc) is 3.42. The normalized spacial score (nSPS) is 17.6. The summed E-state index contributed by atoms with van der Waals surface area (Å²) in [4.78, 5) is 19.6. The number of fused-ring (bicyclic) bond motifs is 3. The summed E-state index contributed by atoms with van der Waals surface area (Å²) in [6.45, 7) is 5.40. The Kier molecular flexibility index (Phi) is 5.78. The van der Waals surface area contributed by atoms with Crippen LogP contribution in [0.4, 0.5) is 24.7 Å². The fourth-order valence-electron chi connectivity index (χ4n) is 4.80. The van der Waals surface area contributed by atoms with Gasteiger partial charge < -0.3 is 20.7 Å². The van der Waals surface area contributed by atoms with Gasteiger partial charge in [0.05, 0.1) is 30.4 Å². The van der Waals surface area contributed by atoms with Crippen molar-refractivity contribution < 1.29 is 22.7 Å². The van der Waals surface area contributed by atoms with Crippen molar-refractivity contribution in [1.82, 2.24) is 24.5 Å². The molecule has 2 aliphatic heterocycles. The van der Waals surface area contributed by atoms with Crippen LogP contribution in [0.3, 0.4) is 0 Å². The fourth-order valence-corrected chi connectivity index (χ4v) is 4.80. The molecule has 0 unspecified atom stereocenters. The van der Waals surface area contributed by atoms with Crippen LogP contribution in [-0.4, -0.2) is 43.6 Å². The summed E-state index contributed by atoms with van der Waals surface area (Å²) in [6, 6.07) is 2.96. The Morgan fingerprint density at radius 2 is 1.94 bits per heavy atom. The van der Waals surface area contributed by atoms with Gasteiger partial charge in [0, 0.05) is 30.4 Å². The highest BCUT2D eigenvalue weighted by Crippen LogP contribution is 2.36. The topological polar surface area (TPSA) is 111 Å². The summed E-state index contributed by atoms with van der Waals surface area (Å²) in [5, 5.41) is 11.5. The Balaban J connectivity index is 1.48. The summed E-state index contributed by atoms with van der Waals surface area (Å²) in [5.74, 6) is 1.44.